The van der Waals surface area contributed by atoms with Crippen LogP contribution in [0.25, 0.3) is 0 Å². The van der Waals surface area contributed by atoms with E-state index in [2.05, 4.69) is 43.0 Å². The van der Waals surface area contributed by atoms with Gasteiger partial charge in [-0.1, -0.05) is 38.8 Å². The maximum Gasteiger partial charge on any atom is 0.0366 e. The molecule has 2 N–H and O–H groups in total. The maximum atomic E-state index is 5.89. The third-order valence-corrected chi connectivity index (χ3v) is 3.35. The molecular formula is C16H28N2. The Labute approximate surface area is 112 Å². The Morgan fingerprint density at radius 3 is 1.89 bits per heavy atom. The molecule has 0 bridgehead atoms. The maximum absolute atomic E-state index is 5.89. The molecular weight excluding hydrogens is 220 g/mol. The third kappa shape index (κ3) is 4.69. The van der Waals surface area contributed by atoms with Crippen LogP contribution >= 0.6 is 0 Å². The summed E-state index contributed by atoms with van der Waals surface area (Å²) in [6.07, 6.45) is 5.03. The number of anilines is 1. The Morgan fingerprint density at radius 1 is 1.00 bits per heavy atom. The normalized spacial score (nSPS) is 12.4. The van der Waals surface area contributed by atoms with E-state index >= 15 is 0 Å². The second kappa shape index (κ2) is 8.15. The number of nitrogens with two attached hydrogens (primary N) is 1. The molecule has 0 saturated heterocycles. The molecule has 1 aromatic rings. The average Bonchev–Trinajstić information content (AvgIpc) is 2.39. The number of unbranched alkanes of at least 4 members (excludes halogenated alkanes) is 2. The van der Waals surface area contributed by atoms with Crippen molar-refractivity contribution in [2.45, 2.75) is 52.5 Å². The van der Waals surface area contributed by atoms with Gasteiger partial charge >= 0.3 is 0 Å². The predicted molar refractivity (Wildman–Crippen MR) is 81.1 cm³/mol. The van der Waals surface area contributed by atoms with Gasteiger partial charge in [-0.3, -0.25) is 0 Å². The zero-order chi connectivity index (χ0) is 13.4. The third-order valence-electron chi connectivity index (χ3n) is 3.35. The summed E-state index contributed by atoms with van der Waals surface area (Å²) in [5.41, 5.74) is 8.43. The van der Waals surface area contributed by atoms with Gasteiger partial charge in [-0.2, -0.15) is 0 Å². The van der Waals surface area contributed by atoms with E-state index < -0.39 is 0 Å². The van der Waals surface area contributed by atoms with Gasteiger partial charge in [0.2, 0.25) is 0 Å². The van der Waals surface area contributed by atoms with Crippen molar-refractivity contribution in [1.29, 1.82) is 0 Å². The molecule has 0 radical (unpaired) electrons. The topological polar surface area (TPSA) is 29.3 Å². The first kappa shape index (κ1) is 15.0. The van der Waals surface area contributed by atoms with Crippen molar-refractivity contribution in [3.63, 3.8) is 0 Å². The van der Waals surface area contributed by atoms with Gasteiger partial charge in [-0.05, 0) is 37.5 Å². The Morgan fingerprint density at radius 2 is 1.50 bits per heavy atom. The second-order valence-corrected chi connectivity index (χ2v) is 5.07. The first-order valence-electron chi connectivity index (χ1n) is 7.29. The van der Waals surface area contributed by atoms with Gasteiger partial charge in [-0.25, -0.2) is 0 Å². The summed E-state index contributed by atoms with van der Waals surface area (Å²) in [6, 6.07) is 8.86. The van der Waals surface area contributed by atoms with Gasteiger partial charge in [0.1, 0.15) is 0 Å². The molecule has 0 aromatic heterocycles. The minimum absolute atomic E-state index is 0.124. The molecule has 0 aliphatic rings. The fourth-order valence-corrected chi connectivity index (χ4v) is 2.06. The molecule has 1 atom stereocenters. The molecule has 0 saturated carbocycles. The highest BCUT2D eigenvalue weighted by Crippen LogP contribution is 2.19. The lowest BCUT2D eigenvalue weighted by Gasteiger charge is -2.25. The van der Waals surface area contributed by atoms with Crippen LogP contribution in [0.1, 0.15) is 58.1 Å². The monoisotopic (exact) mass is 248 g/mol. The molecule has 0 aliphatic heterocycles. The van der Waals surface area contributed by atoms with Crippen LogP contribution in [0.4, 0.5) is 5.69 Å². The first-order chi connectivity index (χ1) is 8.69. The lowest BCUT2D eigenvalue weighted by Crippen LogP contribution is -2.25. The predicted octanol–water partition coefficient (Wildman–Crippen LogP) is 4.11. The molecule has 0 spiro atoms. The molecule has 2 nitrogen and oxygen atoms in total. The van der Waals surface area contributed by atoms with Crippen molar-refractivity contribution in [2.24, 2.45) is 5.73 Å². The van der Waals surface area contributed by atoms with E-state index in [1.165, 1.54) is 36.9 Å². The molecule has 102 valence electrons. The van der Waals surface area contributed by atoms with Gasteiger partial charge in [0.15, 0.2) is 0 Å². The van der Waals surface area contributed by atoms with Crippen LogP contribution in [-0.2, 0) is 0 Å². The molecule has 0 fully saturated rings. The van der Waals surface area contributed by atoms with Crippen LogP contribution < -0.4 is 10.6 Å². The number of benzene rings is 1. The van der Waals surface area contributed by atoms with Crippen molar-refractivity contribution in [2.75, 3.05) is 18.0 Å². The Bertz CT molecular complexity index is 308. The molecule has 18 heavy (non-hydrogen) atoms. The highest BCUT2D eigenvalue weighted by Gasteiger charge is 2.06. The van der Waals surface area contributed by atoms with E-state index in [0.29, 0.717) is 0 Å². The number of hydrogen-bond donors (Lipinski definition) is 1. The SMILES string of the molecule is CCCCN(CCCC)c1ccc([C@@H](C)N)cc1. The van der Waals surface area contributed by atoms with Gasteiger partial charge in [-0.15, -0.1) is 0 Å². The summed E-state index contributed by atoms with van der Waals surface area (Å²) >= 11 is 0. The zero-order valence-electron chi connectivity index (χ0n) is 12.2. The molecule has 0 amide bonds. The van der Waals surface area contributed by atoms with Crippen LogP contribution in [0, 0.1) is 0 Å². The average molecular weight is 248 g/mol. The standard InChI is InChI=1S/C16H28N2/c1-4-6-12-18(13-7-5-2)16-10-8-15(9-11-16)14(3)17/h8-11,14H,4-7,12-13,17H2,1-3H3/t14-/m1/s1. The van der Waals surface area contributed by atoms with E-state index in [1.807, 2.05) is 6.92 Å². The number of hydrogen-bond acceptors (Lipinski definition) is 2. The van der Waals surface area contributed by atoms with Crippen molar-refractivity contribution < 1.29 is 0 Å². The molecule has 1 aromatic carbocycles. The summed E-state index contributed by atoms with van der Waals surface area (Å²) in [7, 11) is 0. The van der Waals surface area contributed by atoms with Crippen LogP contribution in [-0.4, -0.2) is 13.1 Å². The van der Waals surface area contributed by atoms with Crippen molar-refractivity contribution in [3.8, 4) is 0 Å². The summed E-state index contributed by atoms with van der Waals surface area (Å²) in [4.78, 5) is 2.50. The van der Waals surface area contributed by atoms with Crippen LogP contribution in [0.3, 0.4) is 0 Å². The largest absolute Gasteiger partial charge is 0.372 e. The summed E-state index contributed by atoms with van der Waals surface area (Å²) in [5.74, 6) is 0. The molecule has 0 unspecified atom stereocenters. The van der Waals surface area contributed by atoms with Crippen LogP contribution in [0.5, 0.6) is 0 Å². The number of nitrogens with zero attached hydrogens (tertiary/aromatic N) is 1. The van der Waals surface area contributed by atoms with Crippen molar-refractivity contribution >= 4 is 5.69 Å². The van der Waals surface area contributed by atoms with E-state index in [0.717, 1.165) is 13.1 Å². The minimum atomic E-state index is 0.124. The van der Waals surface area contributed by atoms with E-state index in [-0.39, 0.29) is 6.04 Å². The van der Waals surface area contributed by atoms with E-state index in [1.54, 1.807) is 0 Å². The van der Waals surface area contributed by atoms with Gasteiger partial charge in [0.25, 0.3) is 0 Å². The lowest BCUT2D eigenvalue weighted by molar-refractivity contribution is 0.677. The Balaban J connectivity index is 2.70. The van der Waals surface area contributed by atoms with Crippen LogP contribution in [0.2, 0.25) is 0 Å². The molecule has 0 aliphatic carbocycles. The Hall–Kier alpha value is -1.02. The van der Waals surface area contributed by atoms with E-state index in [9.17, 15) is 0 Å². The quantitative estimate of drug-likeness (QED) is 0.750. The summed E-state index contributed by atoms with van der Waals surface area (Å²) < 4.78 is 0. The summed E-state index contributed by atoms with van der Waals surface area (Å²) in [5, 5.41) is 0. The van der Waals surface area contributed by atoms with Crippen molar-refractivity contribution in [3.05, 3.63) is 29.8 Å². The lowest BCUT2D eigenvalue weighted by atomic mass is 10.1. The first-order valence-corrected chi connectivity index (χ1v) is 7.29. The Kier molecular flexibility index (Phi) is 6.81. The van der Waals surface area contributed by atoms with Gasteiger partial charge in [0.05, 0.1) is 0 Å². The fourth-order valence-electron chi connectivity index (χ4n) is 2.06. The summed E-state index contributed by atoms with van der Waals surface area (Å²) in [6.45, 7) is 8.84. The second-order valence-electron chi connectivity index (χ2n) is 5.07. The van der Waals surface area contributed by atoms with E-state index in [4.69, 9.17) is 5.73 Å². The molecule has 0 heterocycles. The zero-order valence-corrected chi connectivity index (χ0v) is 12.2. The minimum Gasteiger partial charge on any atom is -0.372 e. The highest BCUT2D eigenvalue weighted by molar-refractivity contribution is 5.48. The highest BCUT2D eigenvalue weighted by atomic mass is 15.1. The smallest absolute Gasteiger partial charge is 0.0366 e. The molecule has 1 rings (SSSR count). The fraction of sp³-hybridized carbons (Fsp3) is 0.625. The molecule has 2 heteroatoms. The van der Waals surface area contributed by atoms with Gasteiger partial charge < -0.3 is 10.6 Å². The van der Waals surface area contributed by atoms with Crippen molar-refractivity contribution in [1.82, 2.24) is 0 Å². The van der Waals surface area contributed by atoms with Crippen LogP contribution in [0.15, 0.2) is 24.3 Å². The number of rotatable bonds is 8. The van der Waals surface area contributed by atoms with Gasteiger partial charge in [0, 0.05) is 24.8 Å².